The van der Waals surface area contributed by atoms with Crippen LogP contribution in [0.3, 0.4) is 0 Å². The SMILES string of the molecule is CN1CCN(C(=O)c2noc3cc(Nc4n[nH]c5cccnc45)ccc23)CC1. The van der Waals surface area contributed by atoms with E-state index in [1.807, 2.05) is 35.2 Å². The average molecular weight is 377 g/mol. The van der Waals surface area contributed by atoms with Gasteiger partial charge in [0.25, 0.3) is 5.91 Å². The van der Waals surface area contributed by atoms with E-state index < -0.39 is 0 Å². The van der Waals surface area contributed by atoms with Crippen LogP contribution in [0, 0.1) is 0 Å². The molecule has 28 heavy (non-hydrogen) atoms. The summed E-state index contributed by atoms with van der Waals surface area (Å²) < 4.78 is 5.44. The van der Waals surface area contributed by atoms with Crippen molar-refractivity contribution in [1.82, 2.24) is 30.1 Å². The van der Waals surface area contributed by atoms with Crippen molar-refractivity contribution < 1.29 is 9.32 Å². The molecule has 2 N–H and O–H groups in total. The summed E-state index contributed by atoms with van der Waals surface area (Å²) in [6, 6.07) is 9.30. The van der Waals surface area contributed by atoms with Crippen molar-refractivity contribution in [1.29, 1.82) is 0 Å². The monoisotopic (exact) mass is 377 g/mol. The summed E-state index contributed by atoms with van der Waals surface area (Å²) in [6.45, 7) is 3.12. The van der Waals surface area contributed by atoms with Gasteiger partial charge in [0.05, 0.1) is 10.9 Å². The molecule has 9 heteroatoms. The Morgan fingerprint density at radius 1 is 1.21 bits per heavy atom. The number of nitrogens with zero attached hydrogens (tertiary/aromatic N) is 5. The Labute approximate surface area is 160 Å². The number of pyridine rings is 1. The quantitative estimate of drug-likeness (QED) is 0.564. The van der Waals surface area contributed by atoms with Gasteiger partial charge in [0, 0.05) is 44.1 Å². The molecule has 0 radical (unpaired) electrons. The number of hydrogen-bond donors (Lipinski definition) is 2. The number of rotatable bonds is 3. The molecule has 0 unspecified atom stereocenters. The van der Waals surface area contributed by atoms with Crippen LogP contribution in [0.4, 0.5) is 11.5 Å². The fourth-order valence-electron chi connectivity index (χ4n) is 3.41. The van der Waals surface area contributed by atoms with Gasteiger partial charge in [-0.05, 0) is 31.3 Å². The van der Waals surface area contributed by atoms with E-state index in [-0.39, 0.29) is 5.91 Å². The van der Waals surface area contributed by atoms with E-state index in [1.165, 1.54) is 0 Å². The van der Waals surface area contributed by atoms with Gasteiger partial charge in [0.2, 0.25) is 0 Å². The third-order valence-corrected chi connectivity index (χ3v) is 5.05. The molecule has 1 aliphatic rings. The molecule has 0 aliphatic carbocycles. The van der Waals surface area contributed by atoms with Crippen LogP contribution in [-0.4, -0.2) is 69.3 Å². The number of anilines is 2. The van der Waals surface area contributed by atoms with E-state index in [0.29, 0.717) is 35.6 Å². The number of hydrogen-bond acceptors (Lipinski definition) is 7. The van der Waals surface area contributed by atoms with Gasteiger partial charge in [-0.2, -0.15) is 5.10 Å². The largest absolute Gasteiger partial charge is 0.355 e. The number of carbonyl (C=O) groups is 1. The molecule has 1 aromatic carbocycles. The number of likely N-dealkylation sites (N-methyl/N-ethyl adjacent to an activating group) is 1. The molecule has 0 atom stereocenters. The van der Waals surface area contributed by atoms with E-state index in [0.717, 1.165) is 29.8 Å². The molecule has 3 aromatic heterocycles. The van der Waals surface area contributed by atoms with Crippen molar-refractivity contribution in [2.75, 3.05) is 38.5 Å². The maximum Gasteiger partial charge on any atom is 0.276 e. The lowest BCUT2D eigenvalue weighted by Crippen LogP contribution is -2.47. The normalized spacial score (nSPS) is 15.4. The molecular formula is C19H19N7O2. The third kappa shape index (κ3) is 2.85. The Hall–Kier alpha value is -3.46. The van der Waals surface area contributed by atoms with Crippen LogP contribution in [0.25, 0.3) is 22.0 Å². The smallest absolute Gasteiger partial charge is 0.276 e. The summed E-state index contributed by atoms with van der Waals surface area (Å²) in [5, 5.41) is 15.2. The molecule has 0 saturated carbocycles. The van der Waals surface area contributed by atoms with Crippen LogP contribution in [-0.2, 0) is 0 Å². The fourth-order valence-corrected chi connectivity index (χ4v) is 3.41. The average Bonchev–Trinajstić information content (AvgIpc) is 3.32. The van der Waals surface area contributed by atoms with E-state index >= 15 is 0 Å². The topological polar surface area (TPSA) is 103 Å². The van der Waals surface area contributed by atoms with Crippen LogP contribution in [0.2, 0.25) is 0 Å². The minimum absolute atomic E-state index is 0.0879. The van der Waals surface area contributed by atoms with Crippen LogP contribution >= 0.6 is 0 Å². The van der Waals surface area contributed by atoms with Gasteiger partial charge in [-0.15, -0.1) is 0 Å². The molecule has 4 heterocycles. The Morgan fingerprint density at radius 3 is 2.93 bits per heavy atom. The van der Waals surface area contributed by atoms with Crippen LogP contribution < -0.4 is 5.32 Å². The van der Waals surface area contributed by atoms with Gasteiger partial charge in [-0.3, -0.25) is 14.9 Å². The number of aromatic nitrogens is 4. The highest BCUT2D eigenvalue weighted by atomic mass is 16.5. The van der Waals surface area contributed by atoms with Gasteiger partial charge >= 0.3 is 0 Å². The van der Waals surface area contributed by atoms with Crippen LogP contribution in [0.1, 0.15) is 10.5 Å². The molecule has 4 aromatic rings. The second-order valence-electron chi connectivity index (χ2n) is 6.93. The first-order valence-corrected chi connectivity index (χ1v) is 9.12. The predicted octanol–water partition coefficient (Wildman–Crippen LogP) is 2.23. The predicted molar refractivity (Wildman–Crippen MR) is 105 cm³/mol. The van der Waals surface area contributed by atoms with Gasteiger partial charge in [0.15, 0.2) is 17.1 Å². The van der Waals surface area contributed by atoms with Crippen molar-refractivity contribution in [3.05, 3.63) is 42.2 Å². The van der Waals surface area contributed by atoms with Crippen LogP contribution in [0.5, 0.6) is 0 Å². The first kappa shape index (κ1) is 16.7. The first-order chi connectivity index (χ1) is 13.7. The maximum absolute atomic E-state index is 12.8. The minimum Gasteiger partial charge on any atom is -0.355 e. The lowest BCUT2D eigenvalue weighted by Gasteiger charge is -2.31. The number of aromatic amines is 1. The number of piperazine rings is 1. The molecule has 1 saturated heterocycles. The van der Waals surface area contributed by atoms with Crippen LogP contribution in [0.15, 0.2) is 41.1 Å². The zero-order chi connectivity index (χ0) is 19.1. The van der Waals surface area contributed by atoms with Gasteiger partial charge in [-0.1, -0.05) is 5.16 Å². The summed E-state index contributed by atoms with van der Waals surface area (Å²) in [5.74, 6) is 0.540. The molecule has 142 valence electrons. The standard InChI is InChI=1S/C19H19N7O2/c1-25-7-9-26(10-8-25)19(27)16-13-5-4-12(11-15(13)28-24-16)21-18-17-14(22-23-18)3-2-6-20-17/h2-6,11H,7-10H2,1H3,(H2,21,22,23). The number of nitrogens with one attached hydrogen (secondary N) is 2. The Morgan fingerprint density at radius 2 is 2.07 bits per heavy atom. The molecule has 0 bridgehead atoms. The van der Waals surface area contributed by atoms with E-state index in [9.17, 15) is 4.79 Å². The molecular weight excluding hydrogens is 358 g/mol. The minimum atomic E-state index is -0.0879. The lowest BCUT2D eigenvalue weighted by molar-refractivity contribution is 0.0656. The first-order valence-electron chi connectivity index (χ1n) is 9.12. The van der Waals surface area contributed by atoms with E-state index in [1.54, 1.807) is 6.20 Å². The molecule has 5 rings (SSSR count). The lowest BCUT2D eigenvalue weighted by atomic mass is 10.1. The Balaban J connectivity index is 1.41. The van der Waals surface area contributed by atoms with Gasteiger partial charge < -0.3 is 19.6 Å². The zero-order valence-corrected chi connectivity index (χ0v) is 15.3. The van der Waals surface area contributed by atoms with Crippen molar-refractivity contribution in [3.63, 3.8) is 0 Å². The van der Waals surface area contributed by atoms with E-state index in [4.69, 9.17) is 4.52 Å². The summed E-state index contributed by atoms with van der Waals surface area (Å²) in [4.78, 5) is 21.2. The number of carbonyl (C=O) groups excluding carboxylic acids is 1. The van der Waals surface area contributed by atoms with Gasteiger partial charge in [-0.25, -0.2) is 0 Å². The van der Waals surface area contributed by atoms with Crippen molar-refractivity contribution in [3.8, 4) is 0 Å². The molecule has 9 nitrogen and oxygen atoms in total. The highest BCUT2D eigenvalue weighted by Gasteiger charge is 2.25. The zero-order valence-electron chi connectivity index (χ0n) is 15.3. The summed E-state index contributed by atoms with van der Waals surface area (Å²) >= 11 is 0. The second kappa shape index (κ2) is 6.61. The highest BCUT2D eigenvalue weighted by Crippen LogP contribution is 2.27. The fraction of sp³-hybridized carbons (Fsp3) is 0.263. The highest BCUT2D eigenvalue weighted by molar-refractivity contribution is 6.04. The van der Waals surface area contributed by atoms with E-state index in [2.05, 4.69) is 37.6 Å². The molecule has 1 aliphatic heterocycles. The summed E-state index contributed by atoms with van der Waals surface area (Å²) in [7, 11) is 2.06. The number of fused-ring (bicyclic) bond motifs is 2. The Kier molecular flexibility index (Phi) is 3.94. The number of amides is 1. The summed E-state index contributed by atoms with van der Waals surface area (Å²) in [5.41, 5.74) is 3.30. The Bertz CT molecular complexity index is 1160. The second-order valence-corrected chi connectivity index (χ2v) is 6.93. The molecule has 1 fully saturated rings. The van der Waals surface area contributed by atoms with Crippen molar-refractivity contribution >= 4 is 39.4 Å². The molecule has 1 amide bonds. The number of H-pyrrole nitrogens is 1. The number of benzene rings is 1. The third-order valence-electron chi connectivity index (χ3n) is 5.05. The van der Waals surface area contributed by atoms with Crippen molar-refractivity contribution in [2.24, 2.45) is 0 Å². The maximum atomic E-state index is 12.8. The summed E-state index contributed by atoms with van der Waals surface area (Å²) in [6.07, 6.45) is 1.72. The molecule has 0 spiro atoms. The van der Waals surface area contributed by atoms with Gasteiger partial charge in [0.1, 0.15) is 5.52 Å². The van der Waals surface area contributed by atoms with Crippen molar-refractivity contribution in [2.45, 2.75) is 0 Å².